The Morgan fingerprint density at radius 2 is 1.88 bits per heavy atom. The fraction of sp³-hybridized carbons (Fsp3) is 0.300. The highest BCUT2D eigenvalue weighted by molar-refractivity contribution is 6.30. The fourth-order valence-electron chi connectivity index (χ4n) is 1.28. The molecule has 0 saturated carbocycles. The fourth-order valence-corrected chi connectivity index (χ4v) is 1.46. The summed E-state index contributed by atoms with van der Waals surface area (Å²) in [4.78, 5) is 0. The number of hydrogen-bond acceptors (Lipinski definition) is 3. The maximum Gasteiger partial charge on any atom is 0.416 e. The molecule has 0 fully saturated rings. The normalized spacial score (nSPS) is 15.1. The topological polar surface area (TPSA) is 64.2 Å². The van der Waals surface area contributed by atoms with Crippen molar-refractivity contribution in [2.45, 2.75) is 18.4 Å². The molecule has 7 heteroatoms. The van der Waals surface area contributed by atoms with Crippen LogP contribution in [-0.4, -0.2) is 16.3 Å². The van der Waals surface area contributed by atoms with Crippen LogP contribution in [0.4, 0.5) is 13.2 Å². The zero-order valence-corrected chi connectivity index (χ0v) is 9.00. The number of halogens is 4. The molecule has 0 aliphatic carbocycles. The summed E-state index contributed by atoms with van der Waals surface area (Å²) in [6, 6.07) is 3.83. The maximum atomic E-state index is 12.6. The molecular weight excluding hydrogens is 259 g/mol. The van der Waals surface area contributed by atoms with Gasteiger partial charge in [0, 0.05) is 5.02 Å². The SMILES string of the molecule is N#CC(O)C(O)c1cc(Cl)ccc1C(F)(F)F. The van der Waals surface area contributed by atoms with Gasteiger partial charge < -0.3 is 10.2 Å². The minimum Gasteiger partial charge on any atom is -0.385 e. The standard InChI is InChI=1S/C10H7ClF3NO2/c11-5-1-2-7(10(12,13)14)6(3-5)9(17)8(16)4-15/h1-3,8-9,16-17H. The molecule has 0 aromatic heterocycles. The highest BCUT2D eigenvalue weighted by Crippen LogP contribution is 2.36. The minimum atomic E-state index is -4.70. The van der Waals surface area contributed by atoms with E-state index in [1.54, 1.807) is 0 Å². The van der Waals surface area contributed by atoms with Crippen molar-refractivity contribution in [3.05, 3.63) is 34.3 Å². The Bertz CT molecular complexity index is 456. The number of benzene rings is 1. The van der Waals surface area contributed by atoms with Crippen molar-refractivity contribution in [1.82, 2.24) is 0 Å². The van der Waals surface area contributed by atoms with Gasteiger partial charge in [0.2, 0.25) is 0 Å². The van der Waals surface area contributed by atoms with Gasteiger partial charge in [-0.1, -0.05) is 11.6 Å². The van der Waals surface area contributed by atoms with Gasteiger partial charge in [0.05, 0.1) is 11.6 Å². The second-order valence-corrected chi connectivity index (χ2v) is 3.68. The quantitative estimate of drug-likeness (QED) is 0.806. The Balaban J connectivity index is 3.31. The third-order valence-electron chi connectivity index (χ3n) is 2.07. The second-order valence-electron chi connectivity index (χ2n) is 3.25. The molecule has 3 nitrogen and oxygen atoms in total. The smallest absolute Gasteiger partial charge is 0.385 e. The molecule has 0 aliphatic rings. The van der Waals surface area contributed by atoms with E-state index in [0.717, 1.165) is 12.1 Å². The van der Waals surface area contributed by atoms with E-state index in [1.165, 1.54) is 6.07 Å². The van der Waals surface area contributed by atoms with Crippen molar-refractivity contribution < 1.29 is 23.4 Å². The summed E-state index contributed by atoms with van der Waals surface area (Å²) in [6.45, 7) is 0. The predicted octanol–water partition coefficient (Wildman–Crippen LogP) is 2.28. The molecular formula is C10H7ClF3NO2. The second kappa shape index (κ2) is 4.92. The van der Waals surface area contributed by atoms with Crippen molar-refractivity contribution in [3.8, 4) is 6.07 Å². The van der Waals surface area contributed by atoms with E-state index < -0.39 is 29.5 Å². The lowest BCUT2D eigenvalue weighted by atomic mass is 9.99. The van der Waals surface area contributed by atoms with Crippen molar-refractivity contribution in [1.29, 1.82) is 5.26 Å². The molecule has 1 aromatic rings. The zero-order valence-electron chi connectivity index (χ0n) is 8.24. The lowest BCUT2D eigenvalue weighted by Crippen LogP contribution is -2.20. The molecule has 0 amide bonds. The molecule has 2 N–H and O–H groups in total. The van der Waals surface area contributed by atoms with Crippen LogP contribution in [0, 0.1) is 11.3 Å². The Morgan fingerprint density at radius 1 is 1.29 bits per heavy atom. The van der Waals surface area contributed by atoms with E-state index in [0.29, 0.717) is 6.07 Å². The van der Waals surface area contributed by atoms with Crippen LogP contribution in [0.15, 0.2) is 18.2 Å². The first-order valence-corrected chi connectivity index (χ1v) is 4.77. The Hall–Kier alpha value is -1.29. The molecule has 0 radical (unpaired) electrons. The maximum absolute atomic E-state index is 12.6. The highest BCUT2D eigenvalue weighted by Gasteiger charge is 2.36. The van der Waals surface area contributed by atoms with Gasteiger partial charge in [0.1, 0.15) is 6.10 Å². The van der Waals surface area contributed by atoms with Crippen molar-refractivity contribution in [2.24, 2.45) is 0 Å². The van der Waals surface area contributed by atoms with E-state index in [1.807, 2.05) is 0 Å². The highest BCUT2D eigenvalue weighted by atomic mass is 35.5. The molecule has 0 heterocycles. The summed E-state index contributed by atoms with van der Waals surface area (Å²) in [7, 11) is 0. The van der Waals surface area contributed by atoms with Crippen LogP contribution in [0.5, 0.6) is 0 Å². The van der Waals surface area contributed by atoms with Gasteiger partial charge in [-0.05, 0) is 23.8 Å². The van der Waals surface area contributed by atoms with Crippen molar-refractivity contribution in [3.63, 3.8) is 0 Å². The van der Waals surface area contributed by atoms with Crippen LogP contribution in [0.25, 0.3) is 0 Å². The molecule has 0 spiro atoms. The van der Waals surface area contributed by atoms with Crippen LogP contribution in [0.3, 0.4) is 0 Å². The third-order valence-corrected chi connectivity index (χ3v) is 2.30. The largest absolute Gasteiger partial charge is 0.416 e. The average Bonchev–Trinajstić information content (AvgIpc) is 2.25. The number of hydrogen-bond donors (Lipinski definition) is 2. The number of aliphatic hydroxyl groups is 2. The van der Waals surface area contributed by atoms with Crippen LogP contribution >= 0.6 is 11.6 Å². The monoisotopic (exact) mass is 265 g/mol. The number of nitriles is 1. The molecule has 0 bridgehead atoms. The molecule has 0 aliphatic heterocycles. The van der Waals surface area contributed by atoms with E-state index in [4.69, 9.17) is 22.0 Å². The van der Waals surface area contributed by atoms with Gasteiger partial charge in [-0.2, -0.15) is 18.4 Å². The lowest BCUT2D eigenvalue weighted by Gasteiger charge is -2.18. The van der Waals surface area contributed by atoms with Gasteiger partial charge in [0.25, 0.3) is 0 Å². The van der Waals surface area contributed by atoms with E-state index in [2.05, 4.69) is 0 Å². The number of alkyl halides is 3. The molecule has 1 rings (SSSR count). The van der Waals surface area contributed by atoms with Gasteiger partial charge in [0.15, 0.2) is 6.10 Å². The van der Waals surface area contributed by atoms with Gasteiger partial charge in [-0.3, -0.25) is 0 Å². The summed E-state index contributed by atoms with van der Waals surface area (Å²) in [6.07, 6.45) is -8.61. The summed E-state index contributed by atoms with van der Waals surface area (Å²) >= 11 is 5.52. The number of aliphatic hydroxyl groups excluding tert-OH is 2. The molecule has 0 saturated heterocycles. The molecule has 1 aromatic carbocycles. The average molecular weight is 266 g/mol. The van der Waals surface area contributed by atoms with Gasteiger partial charge >= 0.3 is 6.18 Å². The van der Waals surface area contributed by atoms with Crippen LogP contribution < -0.4 is 0 Å². The predicted molar refractivity (Wildman–Crippen MR) is 53.0 cm³/mol. The summed E-state index contributed by atoms with van der Waals surface area (Å²) in [5.41, 5.74) is -1.76. The zero-order chi connectivity index (χ0) is 13.2. The van der Waals surface area contributed by atoms with Crippen molar-refractivity contribution in [2.75, 3.05) is 0 Å². The first-order valence-electron chi connectivity index (χ1n) is 4.39. The van der Waals surface area contributed by atoms with Gasteiger partial charge in [-0.15, -0.1) is 0 Å². The molecule has 2 unspecified atom stereocenters. The van der Waals surface area contributed by atoms with E-state index in [9.17, 15) is 18.3 Å². The Morgan fingerprint density at radius 3 is 2.35 bits per heavy atom. The number of rotatable bonds is 2. The van der Waals surface area contributed by atoms with Gasteiger partial charge in [-0.25, -0.2) is 0 Å². The van der Waals surface area contributed by atoms with Crippen LogP contribution in [0.2, 0.25) is 5.02 Å². The summed E-state index contributed by atoms with van der Waals surface area (Å²) in [5.74, 6) is 0. The Kier molecular flexibility index (Phi) is 3.98. The van der Waals surface area contributed by atoms with Crippen LogP contribution in [-0.2, 0) is 6.18 Å². The van der Waals surface area contributed by atoms with E-state index >= 15 is 0 Å². The first-order chi connectivity index (χ1) is 7.77. The summed E-state index contributed by atoms with van der Waals surface area (Å²) in [5, 5.41) is 26.8. The lowest BCUT2D eigenvalue weighted by molar-refractivity contribution is -0.139. The first kappa shape index (κ1) is 13.8. The third kappa shape index (κ3) is 3.09. The summed E-state index contributed by atoms with van der Waals surface area (Å²) < 4.78 is 37.8. The number of nitrogens with zero attached hydrogens (tertiary/aromatic N) is 1. The molecule has 2 atom stereocenters. The minimum absolute atomic E-state index is 0.0304. The van der Waals surface area contributed by atoms with Crippen molar-refractivity contribution >= 4 is 11.6 Å². The molecule has 17 heavy (non-hydrogen) atoms. The van der Waals surface area contributed by atoms with Crippen LogP contribution in [0.1, 0.15) is 17.2 Å². The van der Waals surface area contributed by atoms with E-state index in [-0.39, 0.29) is 5.02 Å². The molecule has 92 valence electrons. The Labute approximate surface area is 99.7 Å².